The maximum Gasteiger partial charge on any atom is 0.119 e. The molecule has 2 rings (SSSR count). The second-order valence-corrected chi connectivity index (χ2v) is 6.02. The Bertz CT molecular complexity index is 424. The quantitative estimate of drug-likeness (QED) is 0.857. The Hall–Kier alpha value is -1.10. The highest BCUT2D eigenvalue weighted by Crippen LogP contribution is 2.20. The van der Waals surface area contributed by atoms with Crippen molar-refractivity contribution < 1.29 is 4.74 Å². The van der Waals surface area contributed by atoms with Gasteiger partial charge in [0.05, 0.1) is 7.11 Å². The Kier molecular flexibility index (Phi) is 5.40. The summed E-state index contributed by atoms with van der Waals surface area (Å²) in [5, 5.41) is 0. The molecule has 0 aromatic heterocycles. The Morgan fingerprint density at radius 2 is 2.30 bits per heavy atom. The summed E-state index contributed by atoms with van der Waals surface area (Å²) < 4.78 is 5.25. The van der Waals surface area contributed by atoms with E-state index < -0.39 is 0 Å². The smallest absolute Gasteiger partial charge is 0.119 e. The Morgan fingerprint density at radius 3 is 2.95 bits per heavy atom. The lowest BCUT2D eigenvalue weighted by Crippen LogP contribution is -2.33. The molecule has 1 fully saturated rings. The third-order valence-corrected chi connectivity index (χ3v) is 4.09. The van der Waals surface area contributed by atoms with E-state index in [1.54, 1.807) is 7.11 Å². The number of likely N-dealkylation sites (N-methyl/N-ethyl adjacent to an activating group) is 1. The molecule has 1 aliphatic heterocycles. The monoisotopic (exact) mass is 277 g/mol. The highest BCUT2D eigenvalue weighted by atomic mass is 16.5. The van der Waals surface area contributed by atoms with Gasteiger partial charge in [-0.2, -0.15) is 0 Å². The molecule has 1 heterocycles. The molecule has 0 bridgehead atoms. The molecule has 1 aliphatic rings. The molecule has 4 heteroatoms. The maximum atomic E-state index is 6.31. The summed E-state index contributed by atoms with van der Waals surface area (Å²) in [5.41, 5.74) is 7.45. The van der Waals surface area contributed by atoms with Crippen molar-refractivity contribution in [2.45, 2.75) is 12.5 Å². The molecule has 112 valence electrons. The van der Waals surface area contributed by atoms with Crippen LogP contribution in [0.3, 0.4) is 0 Å². The fraction of sp³-hybridized carbons (Fsp3) is 0.625. The van der Waals surface area contributed by atoms with E-state index in [9.17, 15) is 0 Å². The Morgan fingerprint density at radius 1 is 1.50 bits per heavy atom. The minimum Gasteiger partial charge on any atom is -0.497 e. The molecule has 4 nitrogen and oxygen atoms in total. The van der Waals surface area contributed by atoms with Crippen LogP contribution in [0.5, 0.6) is 5.75 Å². The van der Waals surface area contributed by atoms with Gasteiger partial charge < -0.3 is 20.3 Å². The van der Waals surface area contributed by atoms with Crippen molar-refractivity contribution in [2.75, 3.05) is 47.4 Å². The molecule has 0 radical (unpaired) electrons. The predicted octanol–water partition coefficient (Wildman–Crippen LogP) is 1.58. The second kappa shape index (κ2) is 7.07. The average Bonchev–Trinajstić information content (AvgIpc) is 2.83. The molecule has 20 heavy (non-hydrogen) atoms. The first-order valence-electron chi connectivity index (χ1n) is 7.35. The summed E-state index contributed by atoms with van der Waals surface area (Å²) in [6.45, 7) is 4.44. The van der Waals surface area contributed by atoms with E-state index in [1.165, 1.54) is 19.5 Å². The van der Waals surface area contributed by atoms with Crippen molar-refractivity contribution in [3.05, 3.63) is 29.8 Å². The molecule has 0 aliphatic carbocycles. The maximum absolute atomic E-state index is 6.31. The van der Waals surface area contributed by atoms with Gasteiger partial charge in [0.1, 0.15) is 5.75 Å². The summed E-state index contributed by atoms with van der Waals surface area (Å²) in [4.78, 5) is 4.76. The van der Waals surface area contributed by atoms with Crippen LogP contribution in [0.4, 0.5) is 0 Å². The zero-order valence-electron chi connectivity index (χ0n) is 12.9. The third-order valence-electron chi connectivity index (χ3n) is 4.09. The van der Waals surface area contributed by atoms with Crippen molar-refractivity contribution in [3.63, 3.8) is 0 Å². The van der Waals surface area contributed by atoms with Crippen LogP contribution in [0.25, 0.3) is 0 Å². The minimum atomic E-state index is 0.0363. The summed E-state index contributed by atoms with van der Waals surface area (Å²) >= 11 is 0. The first-order chi connectivity index (χ1) is 9.58. The van der Waals surface area contributed by atoms with Crippen LogP contribution in [0.1, 0.15) is 18.0 Å². The number of likely N-dealkylation sites (tertiary alicyclic amines) is 1. The van der Waals surface area contributed by atoms with Gasteiger partial charge in [-0.25, -0.2) is 0 Å². The Balaban J connectivity index is 1.85. The lowest BCUT2D eigenvalue weighted by molar-refractivity contribution is 0.260. The van der Waals surface area contributed by atoms with Gasteiger partial charge >= 0.3 is 0 Å². The first-order valence-corrected chi connectivity index (χ1v) is 7.35. The van der Waals surface area contributed by atoms with Crippen LogP contribution in [0, 0.1) is 5.92 Å². The molecule has 1 aromatic rings. The summed E-state index contributed by atoms with van der Waals surface area (Å²) in [7, 11) is 6.05. The van der Waals surface area contributed by atoms with Crippen LogP contribution in [-0.2, 0) is 0 Å². The van der Waals surface area contributed by atoms with Gasteiger partial charge in [-0.15, -0.1) is 0 Å². The van der Waals surface area contributed by atoms with Crippen LogP contribution < -0.4 is 10.5 Å². The fourth-order valence-corrected chi connectivity index (χ4v) is 3.00. The molecule has 0 saturated carbocycles. The van der Waals surface area contributed by atoms with Gasteiger partial charge in [0, 0.05) is 25.7 Å². The SMILES string of the molecule is COc1cccc(C(N)CN(C)CC2CCN(C)C2)c1. The number of hydrogen-bond acceptors (Lipinski definition) is 4. The topological polar surface area (TPSA) is 41.7 Å². The van der Waals surface area contributed by atoms with Crippen molar-refractivity contribution in [3.8, 4) is 5.75 Å². The van der Waals surface area contributed by atoms with Crippen LogP contribution in [-0.4, -0.2) is 57.2 Å². The summed E-state index contributed by atoms with van der Waals surface area (Å²) in [5.74, 6) is 1.65. The molecule has 1 aromatic carbocycles. The van der Waals surface area contributed by atoms with Crippen LogP contribution in [0.15, 0.2) is 24.3 Å². The number of ether oxygens (including phenoxy) is 1. The van der Waals surface area contributed by atoms with E-state index in [1.807, 2.05) is 18.2 Å². The van der Waals surface area contributed by atoms with Gasteiger partial charge in [-0.1, -0.05) is 12.1 Å². The van der Waals surface area contributed by atoms with Crippen molar-refractivity contribution in [1.82, 2.24) is 9.80 Å². The zero-order chi connectivity index (χ0) is 14.5. The molecular weight excluding hydrogens is 250 g/mol. The molecule has 0 amide bonds. The van der Waals surface area contributed by atoms with Gasteiger partial charge in [0.25, 0.3) is 0 Å². The third kappa shape index (κ3) is 4.20. The number of rotatable bonds is 6. The molecule has 2 N–H and O–H groups in total. The van der Waals surface area contributed by atoms with Crippen LogP contribution >= 0.6 is 0 Å². The standard InChI is InChI=1S/C16H27N3O/c1-18-8-7-13(10-18)11-19(2)12-16(17)14-5-4-6-15(9-14)20-3/h4-6,9,13,16H,7-8,10-12,17H2,1-3H3. The van der Waals surface area contributed by atoms with Gasteiger partial charge in [-0.3, -0.25) is 0 Å². The molecule has 1 saturated heterocycles. The van der Waals surface area contributed by atoms with Crippen molar-refractivity contribution in [2.24, 2.45) is 11.7 Å². The van der Waals surface area contributed by atoms with Gasteiger partial charge in [0.15, 0.2) is 0 Å². The number of methoxy groups -OCH3 is 1. The van der Waals surface area contributed by atoms with Crippen molar-refractivity contribution >= 4 is 0 Å². The van der Waals surface area contributed by atoms with Crippen molar-refractivity contribution in [1.29, 1.82) is 0 Å². The summed E-state index contributed by atoms with van der Waals surface area (Å²) in [6.07, 6.45) is 1.30. The highest BCUT2D eigenvalue weighted by Gasteiger charge is 2.21. The molecule has 2 unspecified atom stereocenters. The lowest BCUT2D eigenvalue weighted by Gasteiger charge is -2.24. The largest absolute Gasteiger partial charge is 0.497 e. The average molecular weight is 277 g/mol. The number of nitrogens with zero attached hydrogens (tertiary/aromatic N) is 2. The second-order valence-electron chi connectivity index (χ2n) is 6.02. The van der Waals surface area contributed by atoms with E-state index in [-0.39, 0.29) is 6.04 Å². The minimum absolute atomic E-state index is 0.0363. The van der Waals surface area contributed by atoms with E-state index in [0.29, 0.717) is 0 Å². The molecular formula is C16H27N3O. The molecule has 2 atom stereocenters. The van der Waals surface area contributed by atoms with E-state index in [4.69, 9.17) is 10.5 Å². The fourth-order valence-electron chi connectivity index (χ4n) is 3.00. The van der Waals surface area contributed by atoms with Gasteiger partial charge in [-0.05, 0) is 50.7 Å². The summed E-state index contributed by atoms with van der Waals surface area (Å²) in [6, 6.07) is 8.09. The highest BCUT2D eigenvalue weighted by molar-refractivity contribution is 5.30. The van der Waals surface area contributed by atoms with E-state index >= 15 is 0 Å². The molecule has 0 spiro atoms. The normalized spacial score (nSPS) is 21.4. The zero-order valence-corrected chi connectivity index (χ0v) is 12.9. The van der Waals surface area contributed by atoms with Gasteiger partial charge in [0.2, 0.25) is 0 Å². The lowest BCUT2D eigenvalue weighted by atomic mass is 10.1. The van der Waals surface area contributed by atoms with E-state index in [2.05, 4.69) is 30.0 Å². The Labute approximate surface area is 122 Å². The van der Waals surface area contributed by atoms with Crippen LogP contribution in [0.2, 0.25) is 0 Å². The number of nitrogens with two attached hydrogens (primary N) is 1. The number of hydrogen-bond donors (Lipinski definition) is 1. The predicted molar refractivity (Wildman–Crippen MR) is 83.0 cm³/mol. The first kappa shape index (κ1) is 15.3. The van der Waals surface area contributed by atoms with E-state index in [0.717, 1.165) is 30.3 Å². The number of benzene rings is 1.